The standard InChI is InChI=1S/C22H19F3N4O3/c1-13-10-28(12-26-13)17-5-6-18-20(30)27(7-8-29(18)21(17)31)11-14-9-15-16(22(23,24)25)3-2-4-19(15)32-14/h2-6,10,12,14H,7-9,11H2,1H3. The van der Waals surface area contributed by atoms with Gasteiger partial charge in [-0.15, -0.1) is 0 Å². The van der Waals surface area contributed by atoms with Crippen LogP contribution < -0.4 is 10.3 Å². The normalized spacial score (nSPS) is 17.8. The second kappa shape index (κ2) is 7.25. The Hall–Kier alpha value is -3.56. The van der Waals surface area contributed by atoms with Gasteiger partial charge in [-0.3, -0.25) is 9.59 Å². The van der Waals surface area contributed by atoms with E-state index in [-0.39, 0.29) is 54.5 Å². The molecule has 2 aliphatic rings. The molecule has 0 bridgehead atoms. The number of aryl methyl sites for hydroxylation is 1. The second-order valence-corrected chi connectivity index (χ2v) is 7.96. The largest absolute Gasteiger partial charge is 0.488 e. The predicted octanol–water partition coefficient (Wildman–Crippen LogP) is 2.82. The van der Waals surface area contributed by atoms with E-state index in [1.54, 1.807) is 29.2 Å². The monoisotopic (exact) mass is 444 g/mol. The SMILES string of the molecule is Cc1cn(-c2ccc3n(c2=O)CCN(CC2Cc4c(cccc4C(F)(F)F)O2)C3=O)cn1. The number of hydrogen-bond acceptors (Lipinski definition) is 4. The van der Waals surface area contributed by atoms with Crippen molar-refractivity contribution >= 4 is 5.91 Å². The summed E-state index contributed by atoms with van der Waals surface area (Å²) in [6.07, 6.45) is -1.70. The number of benzene rings is 1. The number of rotatable bonds is 3. The molecule has 1 unspecified atom stereocenters. The summed E-state index contributed by atoms with van der Waals surface area (Å²) in [5.41, 5.74) is 0.513. The van der Waals surface area contributed by atoms with E-state index in [1.807, 2.05) is 6.92 Å². The Bertz CT molecular complexity index is 1280. The average Bonchev–Trinajstić information content (AvgIpc) is 3.35. The van der Waals surface area contributed by atoms with Gasteiger partial charge in [-0.2, -0.15) is 13.2 Å². The van der Waals surface area contributed by atoms with Gasteiger partial charge in [0.25, 0.3) is 11.5 Å². The molecule has 0 N–H and O–H groups in total. The zero-order valence-corrected chi connectivity index (χ0v) is 17.1. The van der Waals surface area contributed by atoms with Crippen molar-refractivity contribution in [1.82, 2.24) is 19.0 Å². The van der Waals surface area contributed by atoms with E-state index in [1.165, 1.54) is 21.6 Å². The van der Waals surface area contributed by atoms with Gasteiger partial charge in [-0.1, -0.05) is 6.07 Å². The molecular formula is C22H19F3N4O3. The van der Waals surface area contributed by atoms with E-state index in [2.05, 4.69) is 4.98 Å². The molecule has 1 aromatic carbocycles. The molecule has 0 radical (unpaired) electrons. The predicted molar refractivity (Wildman–Crippen MR) is 108 cm³/mol. The highest BCUT2D eigenvalue weighted by Gasteiger charge is 2.39. The molecule has 0 saturated carbocycles. The quantitative estimate of drug-likeness (QED) is 0.623. The first kappa shape index (κ1) is 20.3. The molecule has 7 nitrogen and oxygen atoms in total. The van der Waals surface area contributed by atoms with Crippen molar-refractivity contribution in [2.75, 3.05) is 13.1 Å². The number of nitrogens with zero attached hydrogens (tertiary/aromatic N) is 4. The van der Waals surface area contributed by atoms with E-state index in [9.17, 15) is 22.8 Å². The van der Waals surface area contributed by atoms with Crippen molar-refractivity contribution in [3.63, 3.8) is 0 Å². The van der Waals surface area contributed by atoms with Crippen LogP contribution in [-0.2, 0) is 19.1 Å². The molecule has 4 heterocycles. The maximum Gasteiger partial charge on any atom is 0.416 e. The zero-order chi connectivity index (χ0) is 22.6. The van der Waals surface area contributed by atoms with Gasteiger partial charge in [0.15, 0.2) is 0 Å². The number of pyridine rings is 1. The number of amides is 1. The molecule has 0 saturated heterocycles. The highest BCUT2D eigenvalue weighted by atomic mass is 19.4. The minimum absolute atomic E-state index is 0.0700. The zero-order valence-electron chi connectivity index (χ0n) is 17.1. The maximum absolute atomic E-state index is 13.3. The van der Waals surface area contributed by atoms with Crippen LogP contribution in [0, 0.1) is 6.92 Å². The topological polar surface area (TPSA) is 69.4 Å². The number of halogens is 3. The Morgan fingerprint density at radius 3 is 2.69 bits per heavy atom. The van der Waals surface area contributed by atoms with Crippen molar-refractivity contribution in [3.05, 3.63) is 75.7 Å². The van der Waals surface area contributed by atoms with E-state index < -0.39 is 17.8 Å². The summed E-state index contributed by atoms with van der Waals surface area (Å²) in [6, 6.07) is 7.04. The van der Waals surface area contributed by atoms with Gasteiger partial charge < -0.3 is 18.8 Å². The third-order valence-corrected chi connectivity index (χ3v) is 5.83. The summed E-state index contributed by atoms with van der Waals surface area (Å²) in [7, 11) is 0. The number of carbonyl (C=O) groups excluding carboxylic acids is 1. The van der Waals surface area contributed by atoms with Crippen molar-refractivity contribution < 1.29 is 22.7 Å². The minimum atomic E-state index is -4.46. The number of alkyl halides is 3. The summed E-state index contributed by atoms with van der Waals surface area (Å²) >= 11 is 0. The Balaban J connectivity index is 1.36. The van der Waals surface area contributed by atoms with Crippen molar-refractivity contribution in [3.8, 4) is 11.4 Å². The van der Waals surface area contributed by atoms with Crippen LogP contribution in [-0.4, -0.2) is 44.1 Å². The average molecular weight is 444 g/mol. The lowest BCUT2D eigenvalue weighted by Crippen LogP contribution is -2.48. The number of fused-ring (bicyclic) bond motifs is 2. The maximum atomic E-state index is 13.3. The smallest absolute Gasteiger partial charge is 0.416 e. The molecule has 166 valence electrons. The van der Waals surface area contributed by atoms with Crippen LogP contribution in [0.5, 0.6) is 5.75 Å². The Morgan fingerprint density at radius 2 is 1.97 bits per heavy atom. The lowest BCUT2D eigenvalue weighted by atomic mass is 10.0. The molecule has 0 spiro atoms. The summed E-state index contributed by atoms with van der Waals surface area (Å²) in [4.78, 5) is 31.6. The highest BCUT2D eigenvalue weighted by Crippen LogP contribution is 2.40. The van der Waals surface area contributed by atoms with E-state index in [0.29, 0.717) is 5.69 Å². The van der Waals surface area contributed by atoms with Crippen molar-refractivity contribution in [2.45, 2.75) is 32.2 Å². The molecule has 2 aromatic heterocycles. The van der Waals surface area contributed by atoms with Gasteiger partial charge >= 0.3 is 6.18 Å². The molecule has 3 aromatic rings. The first-order valence-electron chi connectivity index (χ1n) is 10.1. The van der Waals surface area contributed by atoms with Gasteiger partial charge in [0.1, 0.15) is 23.2 Å². The number of carbonyl (C=O) groups is 1. The summed E-state index contributed by atoms with van der Waals surface area (Å²) < 4.78 is 48.6. The Labute approximate surface area is 180 Å². The van der Waals surface area contributed by atoms with Gasteiger partial charge in [-0.25, -0.2) is 4.98 Å². The number of ether oxygens (including phenoxy) is 1. The van der Waals surface area contributed by atoms with E-state index in [0.717, 1.165) is 11.8 Å². The van der Waals surface area contributed by atoms with Crippen molar-refractivity contribution in [1.29, 1.82) is 0 Å². The fourth-order valence-corrected chi connectivity index (χ4v) is 4.33. The van der Waals surface area contributed by atoms with Gasteiger partial charge in [0.05, 0.1) is 24.1 Å². The molecular weight excluding hydrogens is 425 g/mol. The Kier molecular flexibility index (Phi) is 4.61. The lowest BCUT2D eigenvalue weighted by molar-refractivity contribution is -0.138. The molecule has 1 amide bonds. The van der Waals surface area contributed by atoms with E-state index in [4.69, 9.17) is 4.74 Å². The second-order valence-electron chi connectivity index (χ2n) is 7.96. The molecule has 0 aliphatic carbocycles. The number of imidazole rings is 1. The molecule has 0 fully saturated rings. The molecule has 2 aliphatic heterocycles. The van der Waals surface area contributed by atoms with Crippen LogP contribution in [0.1, 0.15) is 27.3 Å². The van der Waals surface area contributed by atoms with Gasteiger partial charge in [-0.05, 0) is 31.2 Å². The van der Waals surface area contributed by atoms with Gasteiger partial charge in [0.2, 0.25) is 0 Å². The highest BCUT2D eigenvalue weighted by molar-refractivity contribution is 5.93. The fourth-order valence-electron chi connectivity index (χ4n) is 4.33. The first-order chi connectivity index (χ1) is 15.2. The van der Waals surface area contributed by atoms with Gasteiger partial charge in [0, 0.05) is 31.3 Å². The van der Waals surface area contributed by atoms with Crippen LogP contribution in [0.15, 0.2) is 47.7 Å². The van der Waals surface area contributed by atoms with Crippen LogP contribution >= 0.6 is 0 Å². The summed E-state index contributed by atoms with van der Waals surface area (Å²) in [5.74, 6) is -0.150. The molecule has 10 heteroatoms. The summed E-state index contributed by atoms with van der Waals surface area (Å²) in [6.45, 7) is 2.51. The minimum Gasteiger partial charge on any atom is -0.488 e. The van der Waals surface area contributed by atoms with Crippen LogP contribution in [0.25, 0.3) is 5.69 Å². The first-order valence-corrected chi connectivity index (χ1v) is 10.1. The lowest BCUT2D eigenvalue weighted by Gasteiger charge is -2.31. The molecule has 1 atom stereocenters. The third kappa shape index (κ3) is 3.35. The van der Waals surface area contributed by atoms with Crippen LogP contribution in [0.4, 0.5) is 13.2 Å². The van der Waals surface area contributed by atoms with Crippen LogP contribution in [0.2, 0.25) is 0 Å². The Morgan fingerprint density at radius 1 is 1.16 bits per heavy atom. The summed E-state index contributed by atoms with van der Waals surface area (Å²) in [5, 5.41) is 0. The molecule has 32 heavy (non-hydrogen) atoms. The fraction of sp³-hybridized carbons (Fsp3) is 0.318. The van der Waals surface area contributed by atoms with Crippen LogP contribution in [0.3, 0.4) is 0 Å². The van der Waals surface area contributed by atoms with Crippen molar-refractivity contribution in [2.24, 2.45) is 0 Å². The molecule has 5 rings (SSSR count). The number of hydrogen-bond donors (Lipinski definition) is 0. The third-order valence-electron chi connectivity index (χ3n) is 5.83. The van der Waals surface area contributed by atoms with E-state index >= 15 is 0 Å². The number of aromatic nitrogens is 3.